The van der Waals surface area contributed by atoms with Crippen LogP contribution in [-0.4, -0.2) is 25.0 Å². The summed E-state index contributed by atoms with van der Waals surface area (Å²) in [6.07, 6.45) is 7.03. The molecule has 2 atom stereocenters. The number of esters is 1. The van der Waals surface area contributed by atoms with Gasteiger partial charge in [-0.25, -0.2) is 0 Å². The van der Waals surface area contributed by atoms with Gasteiger partial charge in [0.1, 0.15) is 0 Å². The van der Waals surface area contributed by atoms with Crippen molar-refractivity contribution in [3.63, 3.8) is 0 Å². The van der Waals surface area contributed by atoms with Gasteiger partial charge < -0.3 is 10.1 Å². The number of nitrogens with one attached hydrogen (secondary N) is 1. The molecule has 0 aliphatic heterocycles. The first kappa shape index (κ1) is 12.7. The fourth-order valence-electron chi connectivity index (χ4n) is 1.78. The van der Waals surface area contributed by atoms with Crippen LogP contribution in [0.5, 0.6) is 0 Å². The lowest BCUT2D eigenvalue weighted by molar-refractivity contribution is -0.141. The number of allylic oxidation sites excluding steroid dienone is 2. The van der Waals surface area contributed by atoms with Gasteiger partial charge in [-0.15, -0.1) is 0 Å². The number of ether oxygens (including phenoxy) is 1. The van der Waals surface area contributed by atoms with Crippen LogP contribution in [0.15, 0.2) is 12.2 Å². The molecule has 0 aromatic carbocycles. The third-order valence-electron chi connectivity index (χ3n) is 2.73. The van der Waals surface area contributed by atoms with Crippen LogP contribution >= 0.6 is 0 Å². The molecule has 2 unspecified atom stereocenters. The third-order valence-corrected chi connectivity index (χ3v) is 2.73. The van der Waals surface area contributed by atoms with E-state index in [1.807, 2.05) is 13.0 Å². The quantitative estimate of drug-likeness (QED) is 0.581. The summed E-state index contributed by atoms with van der Waals surface area (Å²) in [5.41, 5.74) is 0. The second-order valence-electron chi connectivity index (χ2n) is 4.17. The SMILES string of the molecule is COC(=O)CC(C)NC(=O)C1CC=CCC1. The topological polar surface area (TPSA) is 55.4 Å². The fourth-order valence-corrected chi connectivity index (χ4v) is 1.78. The Morgan fingerprint density at radius 1 is 1.50 bits per heavy atom. The largest absolute Gasteiger partial charge is 0.469 e. The highest BCUT2D eigenvalue weighted by molar-refractivity contribution is 5.80. The van der Waals surface area contributed by atoms with E-state index in [2.05, 4.69) is 16.1 Å². The molecule has 0 saturated carbocycles. The molecule has 0 aromatic rings. The number of carbonyl (C=O) groups excluding carboxylic acids is 2. The van der Waals surface area contributed by atoms with Gasteiger partial charge in [-0.05, 0) is 26.2 Å². The molecule has 4 heteroatoms. The van der Waals surface area contributed by atoms with Crippen LogP contribution in [0.1, 0.15) is 32.6 Å². The molecule has 4 nitrogen and oxygen atoms in total. The molecule has 0 heterocycles. The molecular formula is C12H19NO3. The van der Waals surface area contributed by atoms with Gasteiger partial charge in [-0.2, -0.15) is 0 Å². The highest BCUT2D eigenvalue weighted by Crippen LogP contribution is 2.18. The molecule has 0 radical (unpaired) electrons. The average molecular weight is 225 g/mol. The first-order valence-electron chi connectivity index (χ1n) is 5.65. The lowest BCUT2D eigenvalue weighted by Gasteiger charge is -2.20. The first-order chi connectivity index (χ1) is 7.63. The summed E-state index contributed by atoms with van der Waals surface area (Å²) in [4.78, 5) is 22.8. The van der Waals surface area contributed by atoms with E-state index < -0.39 is 0 Å². The van der Waals surface area contributed by atoms with Crippen LogP contribution in [-0.2, 0) is 14.3 Å². The Labute approximate surface area is 96.0 Å². The molecule has 16 heavy (non-hydrogen) atoms. The summed E-state index contributed by atoms with van der Waals surface area (Å²) in [5.74, 6) is -0.192. The van der Waals surface area contributed by atoms with Crippen LogP contribution in [0, 0.1) is 5.92 Å². The molecule has 0 aromatic heterocycles. The summed E-state index contributed by atoms with van der Waals surface area (Å²) < 4.78 is 4.55. The Morgan fingerprint density at radius 2 is 2.25 bits per heavy atom. The molecule has 0 bridgehead atoms. The van der Waals surface area contributed by atoms with Crippen LogP contribution in [0.25, 0.3) is 0 Å². The molecule has 1 amide bonds. The number of methoxy groups -OCH3 is 1. The van der Waals surface area contributed by atoms with Gasteiger partial charge in [0.2, 0.25) is 5.91 Å². The third kappa shape index (κ3) is 4.04. The van der Waals surface area contributed by atoms with E-state index in [9.17, 15) is 9.59 Å². The van der Waals surface area contributed by atoms with Gasteiger partial charge in [-0.1, -0.05) is 12.2 Å². The Balaban J connectivity index is 2.32. The lowest BCUT2D eigenvalue weighted by Crippen LogP contribution is -2.38. The van der Waals surface area contributed by atoms with E-state index in [1.54, 1.807) is 0 Å². The van der Waals surface area contributed by atoms with Crippen molar-refractivity contribution >= 4 is 11.9 Å². The van der Waals surface area contributed by atoms with Gasteiger partial charge in [0.25, 0.3) is 0 Å². The number of carbonyl (C=O) groups is 2. The maximum Gasteiger partial charge on any atom is 0.307 e. The van der Waals surface area contributed by atoms with Crippen molar-refractivity contribution in [3.8, 4) is 0 Å². The van der Waals surface area contributed by atoms with Crippen LogP contribution in [0.3, 0.4) is 0 Å². The van der Waals surface area contributed by atoms with Crippen LogP contribution < -0.4 is 5.32 Å². The number of hydrogen-bond donors (Lipinski definition) is 1. The van der Waals surface area contributed by atoms with Crippen molar-refractivity contribution in [1.82, 2.24) is 5.32 Å². The number of amides is 1. The van der Waals surface area contributed by atoms with Gasteiger partial charge >= 0.3 is 5.97 Å². The maximum atomic E-state index is 11.8. The van der Waals surface area contributed by atoms with Crippen molar-refractivity contribution in [3.05, 3.63) is 12.2 Å². The van der Waals surface area contributed by atoms with Gasteiger partial charge in [0.05, 0.1) is 13.5 Å². The standard InChI is InChI=1S/C12H19NO3/c1-9(8-11(14)16-2)13-12(15)10-6-4-3-5-7-10/h3-4,9-10H,5-8H2,1-2H3,(H,13,15). The zero-order chi connectivity index (χ0) is 12.0. The van der Waals surface area contributed by atoms with Gasteiger partial charge in [-0.3, -0.25) is 9.59 Å². The number of rotatable bonds is 4. The Morgan fingerprint density at radius 3 is 2.81 bits per heavy atom. The predicted molar refractivity (Wildman–Crippen MR) is 60.7 cm³/mol. The highest BCUT2D eigenvalue weighted by Gasteiger charge is 2.20. The van der Waals surface area contributed by atoms with Gasteiger partial charge in [0.15, 0.2) is 0 Å². The summed E-state index contributed by atoms with van der Waals surface area (Å²) >= 11 is 0. The zero-order valence-electron chi connectivity index (χ0n) is 9.86. The van der Waals surface area contributed by atoms with E-state index in [1.165, 1.54) is 7.11 Å². The molecule has 90 valence electrons. The molecule has 1 aliphatic rings. The minimum atomic E-state index is -0.295. The minimum absolute atomic E-state index is 0.0424. The molecule has 0 fully saturated rings. The second-order valence-corrected chi connectivity index (χ2v) is 4.17. The van der Waals surface area contributed by atoms with Crippen molar-refractivity contribution in [1.29, 1.82) is 0 Å². The second kappa shape index (κ2) is 6.30. The monoisotopic (exact) mass is 225 g/mol. The highest BCUT2D eigenvalue weighted by atomic mass is 16.5. The number of hydrogen-bond acceptors (Lipinski definition) is 3. The predicted octanol–water partition coefficient (Wildman–Crippen LogP) is 1.41. The molecular weight excluding hydrogens is 206 g/mol. The summed E-state index contributed by atoms with van der Waals surface area (Å²) in [6.45, 7) is 1.81. The first-order valence-corrected chi connectivity index (χ1v) is 5.65. The molecule has 0 saturated heterocycles. The smallest absolute Gasteiger partial charge is 0.307 e. The fraction of sp³-hybridized carbons (Fsp3) is 0.667. The summed E-state index contributed by atoms with van der Waals surface area (Å²) in [6, 6.07) is -0.161. The van der Waals surface area contributed by atoms with Crippen molar-refractivity contribution < 1.29 is 14.3 Å². The van der Waals surface area contributed by atoms with E-state index >= 15 is 0 Å². The van der Waals surface area contributed by atoms with Crippen molar-refractivity contribution in [2.75, 3.05) is 7.11 Å². The average Bonchev–Trinajstić information content (AvgIpc) is 2.29. The molecule has 1 N–H and O–H groups in total. The molecule has 1 aliphatic carbocycles. The minimum Gasteiger partial charge on any atom is -0.469 e. The Kier molecular flexibility index (Phi) is 5.02. The van der Waals surface area contributed by atoms with E-state index in [0.717, 1.165) is 19.3 Å². The maximum absolute atomic E-state index is 11.8. The van der Waals surface area contributed by atoms with E-state index in [4.69, 9.17) is 0 Å². The van der Waals surface area contributed by atoms with E-state index in [0.29, 0.717) is 0 Å². The Bertz CT molecular complexity index is 286. The van der Waals surface area contributed by atoms with E-state index in [-0.39, 0.29) is 30.3 Å². The molecule has 0 spiro atoms. The lowest BCUT2D eigenvalue weighted by atomic mass is 9.93. The van der Waals surface area contributed by atoms with Gasteiger partial charge in [0, 0.05) is 12.0 Å². The summed E-state index contributed by atoms with van der Waals surface area (Å²) in [7, 11) is 1.35. The normalized spacial score (nSPS) is 21.2. The molecule has 1 rings (SSSR count). The van der Waals surface area contributed by atoms with Crippen LogP contribution in [0.4, 0.5) is 0 Å². The van der Waals surface area contributed by atoms with Crippen molar-refractivity contribution in [2.45, 2.75) is 38.6 Å². The zero-order valence-corrected chi connectivity index (χ0v) is 9.86. The van der Waals surface area contributed by atoms with Crippen molar-refractivity contribution in [2.24, 2.45) is 5.92 Å². The summed E-state index contributed by atoms with van der Waals surface area (Å²) in [5, 5.41) is 2.84. The Hall–Kier alpha value is -1.32. The van der Waals surface area contributed by atoms with Crippen LogP contribution in [0.2, 0.25) is 0 Å².